The number of fused-ring (bicyclic) bond motifs is 4. The molecule has 2 atom stereocenters. The Morgan fingerprint density at radius 2 is 1.81 bits per heavy atom. The quantitative estimate of drug-likeness (QED) is 0.232. The lowest BCUT2D eigenvalue weighted by molar-refractivity contribution is -0.128. The van der Waals surface area contributed by atoms with Gasteiger partial charge in [0, 0.05) is 79.0 Å². The van der Waals surface area contributed by atoms with E-state index in [1.807, 2.05) is 4.90 Å². The first kappa shape index (κ1) is 33.3. The number of terminal acetylenes is 1. The number of phenols is 1. The molecule has 5 heterocycles. The molecule has 4 aliphatic heterocycles. The molecular weight excluding hydrogens is 662 g/mol. The lowest BCUT2D eigenvalue weighted by Gasteiger charge is -2.40. The number of hydrogen-bond acceptors (Lipinski definition) is 8. The molecule has 2 unspecified atom stereocenters. The van der Waals surface area contributed by atoms with Crippen LogP contribution < -0.4 is 15.0 Å². The second-order valence-corrected chi connectivity index (χ2v) is 16.1. The molecule has 1 amide bonds. The number of carbonyl (C=O) groups is 1. The van der Waals surface area contributed by atoms with Gasteiger partial charge in [-0.05, 0) is 93.1 Å². The predicted octanol–water partition coefficient (Wildman–Crippen LogP) is 5.85. The van der Waals surface area contributed by atoms with Crippen LogP contribution in [0, 0.1) is 34.8 Å². The summed E-state index contributed by atoms with van der Waals surface area (Å²) in [6, 6.07) is 10.1. The lowest BCUT2D eigenvalue weighted by Crippen LogP contribution is -2.51. The lowest BCUT2D eigenvalue weighted by atomic mass is 9.77. The zero-order valence-electron chi connectivity index (χ0n) is 29.6. The number of aromatic hydroxyl groups is 1. The van der Waals surface area contributed by atoms with Crippen molar-refractivity contribution in [3.63, 3.8) is 0 Å². The van der Waals surface area contributed by atoms with E-state index < -0.39 is 11.6 Å². The maximum absolute atomic E-state index is 17.0. The molecule has 1 aliphatic carbocycles. The smallest absolute Gasteiger partial charge is 0.319 e. The number of amides is 1. The van der Waals surface area contributed by atoms with Gasteiger partial charge in [0.25, 0.3) is 0 Å². The van der Waals surface area contributed by atoms with E-state index in [9.17, 15) is 9.90 Å². The Morgan fingerprint density at radius 3 is 2.50 bits per heavy atom. The number of nitrogens with zero attached hydrogens (tertiary/aromatic N) is 5. The Balaban J connectivity index is 1.04. The zero-order valence-corrected chi connectivity index (χ0v) is 29.6. The van der Waals surface area contributed by atoms with Crippen molar-refractivity contribution in [2.24, 2.45) is 10.8 Å². The van der Waals surface area contributed by atoms with Crippen LogP contribution >= 0.6 is 0 Å². The first-order valence-corrected chi connectivity index (χ1v) is 18.7. The van der Waals surface area contributed by atoms with Gasteiger partial charge in [-0.1, -0.05) is 18.1 Å². The summed E-state index contributed by atoms with van der Waals surface area (Å²) in [6.07, 6.45) is 13.2. The van der Waals surface area contributed by atoms with Crippen molar-refractivity contribution in [2.75, 3.05) is 57.3 Å². The van der Waals surface area contributed by atoms with E-state index in [0.29, 0.717) is 41.9 Å². The summed E-state index contributed by atoms with van der Waals surface area (Å²) in [5, 5.41) is 15.6. The van der Waals surface area contributed by atoms with E-state index in [4.69, 9.17) is 16.1 Å². The van der Waals surface area contributed by atoms with E-state index in [0.717, 1.165) is 77.7 Å². The highest BCUT2D eigenvalue weighted by Crippen LogP contribution is 2.49. The summed E-state index contributed by atoms with van der Waals surface area (Å²) in [7, 11) is 0. The predicted molar refractivity (Wildman–Crippen MR) is 196 cm³/mol. The first-order valence-electron chi connectivity index (χ1n) is 18.7. The Morgan fingerprint density at radius 1 is 1.06 bits per heavy atom. The van der Waals surface area contributed by atoms with Gasteiger partial charge in [0.15, 0.2) is 5.82 Å². The largest absolute Gasteiger partial charge is 0.508 e. The molecule has 1 aromatic heterocycles. The molecule has 3 aromatic carbocycles. The Bertz CT molecular complexity index is 2130. The molecule has 52 heavy (non-hydrogen) atoms. The number of ether oxygens (including phenoxy) is 1. The van der Waals surface area contributed by atoms with Crippen LogP contribution in [0.25, 0.3) is 32.8 Å². The highest BCUT2D eigenvalue weighted by molar-refractivity contribution is 6.04. The molecule has 4 saturated heterocycles. The maximum atomic E-state index is 17.0. The van der Waals surface area contributed by atoms with Crippen LogP contribution in [0.5, 0.6) is 11.8 Å². The molecular formula is C41H44F2N6O3. The van der Waals surface area contributed by atoms with Gasteiger partial charge >= 0.3 is 6.01 Å². The summed E-state index contributed by atoms with van der Waals surface area (Å²) in [5.41, 5.74) is 0.507. The molecule has 2 N–H and O–H groups in total. The summed E-state index contributed by atoms with van der Waals surface area (Å²) in [4.78, 5) is 28.1. The molecule has 0 radical (unpaired) electrons. The number of carbonyl (C=O) groups excluding carboxylic acids is 1. The van der Waals surface area contributed by atoms with Gasteiger partial charge in [-0.15, -0.1) is 6.42 Å². The van der Waals surface area contributed by atoms with Gasteiger partial charge in [-0.2, -0.15) is 9.97 Å². The molecule has 5 fully saturated rings. The fourth-order valence-electron chi connectivity index (χ4n) is 9.43. The number of hydrogen-bond donors (Lipinski definition) is 2. The molecule has 4 aromatic rings. The third-order valence-corrected chi connectivity index (χ3v) is 12.6. The number of halogens is 2. The van der Waals surface area contributed by atoms with Crippen LogP contribution in [0.1, 0.15) is 57.4 Å². The van der Waals surface area contributed by atoms with Crippen molar-refractivity contribution in [1.82, 2.24) is 25.1 Å². The van der Waals surface area contributed by atoms with Crippen molar-refractivity contribution >= 4 is 33.4 Å². The maximum Gasteiger partial charge on any atom is 0.319 e. The monoisotopic (exact) mass is 706 g/mol. The Kier molecular flexibility index (Phi) is 8.05. The van der Waals surface area contributed by atoms with Crippen LogP contribution in [0.3, 0.4) is 0 Å². The van der Waals surface area contributed by atoms with Crippen molar-refractivity contribution in [2.45, 2.75) is 64.0 Å². The minimum Gasteiger partial charge on any atom is -0.508 e. The van der Waals surface area contributed by atoms with Crippen molar-refractivity contribution in [1.29, 1.82) is 0 Å². The van der Waals surface area contributed by atoms with Gasteiger partial charge in [0.2, 0.25) is 5.91 Å². The van der Waals surface area contributed by atoms with Gasteiger partial charge in [0.1, 0.15) is 22.9 Å². The van der Waals surface area contributed by atoms with Gasteiger partial charge in [-0.25, -0.2) is 8.78 Å². The zero-order chi connectivity index (χ0) is 35.8. The fourth-order valence-corrected chi connectivity index (χ4v) is 9.43. The fraction of sp³-hybridized carbons (Fsp3) is 0.488. The second kappa shape index (κ2) is 12.6. The van der Waals surface area contributed by atoms with Crippen LogP contribution in [0.2, 0.25) is 0 Å². The number of benzene rings is 3. The van der Waals surface area contributed by atoms with E-state index in [2.05, 4.69) is 26.0 Å². The number of phenolic OH excluding ortho intramolecular Hbond substituents is 1. The van der Waals surface area contributed by atoms with Crippen molar-refractivity contribution in [3.8, 4) is 35.2 Å². The number of rotatable bonds is 7. The minimum absolute atomic E-state index is 0.0284. The third-order valence-electron chi connectivity index (χ3n) is 12.6. The van der Waals surface area contributed by atoms with Crippen LogP contribution in [0.15, 0.2) is 36.4 Å². The van der Waals surface area contributed by atoms with Gasteiger partial charge in [-0.3, -0.25) is 4.79 Å². The van der Waals surface area contributed by atoms with Gasteiger partial charge < -0.3 is 29.9 Å². The average molecular weight is 707 g/mol. The van der Waals surface area contributed by atoms with E-state index in [1.165, 1.54) is 18.2 Å². The first-order chi connectivity index (χ1) is 25.1. The molecule has 11 heteroatoms. The Labute approximate surface area is 302 Å². The van der Waals surface area contributed by atoms with Gasteiger partial charge in [0.05, 0.1) is 12.2 Å². The number of piperidine rings is 1. The highest BCUT2D eigenvalue weighted by atomic mass is 19.1. The second-order valence-electron chi connectivity index (χ2n) is 16.1. The summed E-state index contributed by atoms with van der Waals surface area (Å²) in [5.74, 6) is 1.51. The molecule has 2 bridgehead atoms. The topological polar surface area (TPSA) is 94.1 Å². The van der Waals surface area contributed by atoms with Crippen LogP contribution in [-0.2, 0) is 4.79 Å². The number of aromatic nitrogens is 2. The molecule has 9 nitrogen and oxygen atoms in total. The van der Waals surface area contributed by atoms with Crippen molar-refractivity contribution < 1.29 is 23.4 Å². The summed E-state index contributed by atoms with van der Waals surface area (Å²) >= 11 is 0. The standard InChI is InChI=1S/C41H44F2N6O3/c1-3-26-5-4-6-27-17-30(51)18-31(34(26)27)35-33(42)19-32-37(36(35)43)45-39(46-38(32)49-20-28-7-8-29(21-49)44-28)52-24-41(9-10-41)22-47-14-11-40(12-15-47)13-16-48(23-40)25(2)50/h1,4-6,17-19,28-29,44,51H,7-16,20-24H2,2H3. The van der Waals surface area contributed by atoms with Crippen LogP contribution in [-0.4, -0.2) is 95.3 Å². The number of likely N-dealkylation sites (tertiary alicyclic amines) is 2. The number of nitrogens with one attached hydrogen (secondary N) is 1. The number of anilines is 1. The van der Waals surface area contributed by atoms with E-state index in [1.54, 1.807) is 25.1 Å². The Hall–Kier alpha value is -4.53. The normalized spacial score (nSPS) is 23.4. The molecule has 1 spiro atoms. The van der Waals surface area contributed by atoms with E-state index in [-0.39, 0.29) is 62.6 Å². The molecule has 9 rings (SSSR count). The summed E-state index contributed by atoms with van der Waals surface area (Å²) < 4.78 is 39.8. The molecule has 1 saturated carbocycles. The van der Waals surface area contributed by atoms with Crippen LogP contribution in [0.4, 0.5) is 14.6 Å². The molecule has 270 valence electrons. The average Bonchev–Trinajstić information content (AvgIpc) is 3.64. The highest BCUT2D eigenvalue weighted by Gasteiger charge is 2.48. The molecule has 5 aliphatic rings. The SMILES string of the molecule is C#Cc1cccc2cc(O)cc(-c3c(F)cc4c(N5CC6CCC(C5)N6)nc(OCC5(CN6CCC7(CC6)CCN(C(C)=O)C7)CC5)nc4c3F)c12. The number of piperazine rings is 1. The minimum atomic E-state index is -0.848. The third kappa shape index (κ3) is 5.90. The van der Waals surface area contributed by atoms with Crippen molar-refractivity contribution in [3.05, 3.63) is 53.6 Å². The van der Waals surface area contributed by atoms with E-state index >= 15 is 8.78 Å². The summed E-state index contributed by atoms with van der Waals surface area (Å²) in [6.45, 7) is 8.05.